The van der Waals surface area contributed by atoms with Gasteiger partial charge in [-0.25, -0.2) is 4.98 Å². The maximum absolute atomic E-state index is 10.3. The van der Waals surface area contributed by atoms with Crippen molar-refractivity contribution in [3.63, 3.8) is 0 Å². The van der Waals surface area contributed by atoms with E-state index in [2.05, 4.69) is 4.98 Å². The van der Waals surface area contributed by atoms with Gasteiger partial charge in [-0.15, -0.1) is 11.6 Å². The van der Waals surface area contributed by atoms with E-state index in [1.807, 2.05) is 36.4 Å². The third kappa shape index (κ3) is 2.30. The number of phenols is 1. The molecular weight excluding hydrogens is 293 g/mol. The molecule has 20 heavy (non-hydrogen) atoms. The second kappa shape index (κ2) is 5.47. The first-order valence-corrected chi connectivity index (χ1v) is 7.38. The molecule has 1 aromatic heterocycles. The first-order valence-electron chi connectivity index (χ1n) is 6.46. The number of halogens is 2. The number of fused-ring (bicyclic) bond motifs is 2. The number of alkyl halides is 1. The van der Waals surface area contributed by atoms with Crippen molar-refractivity contribution < 1.29 is 5.11 Å². The minimum atomic E-state index is 0.104. The minimum Gasteiger partial charge on any atom is -0.506 e. The third-order valence-electron chi connectivity index (χ3n) is 3.39. The predicted molar refractivity (Wildman–Crippen MR) is 85.0 cm³/mol. The van der Waals surface area contributed by atoms with Gasteiger partial charge in [-0.2, -0.15) is 0 Å². The molecule has 0 unspecified atom stereocenters. The third-order valence-corrected chi connectivity index (χ3v) is 4.08. The molecule has 0 fully saturated rings. The maximum atomic E-state index is 10.3. The monoisotopic (exact) mass is 305 g/mol. The van der Waals surface area contributed by atoms with Crippen LogP contribution in [-0.2, 0) is 6.42 Å². The topological polar surface area (TPSA) is 33.1 Å². The Bertz CT molecular complexity index is 786. The summed E-state index contributed by atoms with van der Waals surface area (Å²) >= 11 is 12.0. The Morgan fingerprint density at radius 2 is 1.90 bits per heavy atom. The molecule has 0 aliphatic heterocycles. The Morgan fingerprint density at radius 1 is 1.10 bits per heavy atom. The Kier molecular flexibility index (Phi) is 3.68. The lowest BCUT2D eigenvalue weighted by molar-refractivity contribution is 0.481. The van der Waals surface area contributed by atoms with Crippen molar-refractivity contribution in [3.8, 4) is 5.75 Å². The number of hydrogen-bond donors (Lipinski definition) is 1. The van der Waals surface area contributed by atoms with Gasteiger partial charge in [-0.05, 0) is 36.6 Å². The van der Waals surface area contributed by atoms with Crippen LogP contribution in [0.4, 0.5) is 0 Å². The van der Waals surface area contributed by atoms with Crippen LogP contribution in [0.25, 0.3) is 21.8 Å². The van der Waals surface area contributed by atoms with Crippen molar-refractivity contribution in [2.24, 2.45) is 0 Å². The number of aryl methyl sites for hydroxylation is 1. The molecule has 0 aliphatic carbocycles. The van der Waals surface area contributed by atoms with E-state index in [1.54, 1.807) is 0 Å². The number of para-hydroxylation sites is 1. The van der Waals surface area contributed by atoms with Crippen molar-refractivity contribution in [1.82, 2.24) is 4.98 Å². The second-order valence-electron chi connectivity index (χ2n) is 4.74. The lowest BCUT2D eigenvalue weighted by Gasteiger charge is -2.10. The van der Waals surface area contributed by atoms with Crippen LogP contribution in [-0.4, -0.2) is 16.0 Å². The summed E-state index contributed by atoms with van der Waals surface area (Å²) in [4.78, 5) is 4.60. The predicted octanol–water partition coefficient (Wildman–Crippen LogP) is 4.92. The largest absolute Gasteiger partial charge is 0.506 e. The molecule has 102 valence electrons. The molecule has 2 nitrogen and oxygen atoms in total. The first kappa shape index (κ1) is 13.5. The summed E-state index contributed by atoms with van der Waals surface area (Å²) in [7, 11) is 0. The molecule has 4 heteroatoms. The van der Waals surface area contributed by atoms with Crippen LogP contribution >= 0.6 is 23.2 Å². The zero-order chi connectivity index (χ0) is 14.1. The quantitative estimate of drug-likeness (QED) is 0.550. The van der Waals surface area contributed by atoms with E-state index >= 15 is 0 Å². The lowest BCUT2D eigenvalue weighted by Crippen LogP contribution is -1.91. The molecular formula is C16H13Cl2NO. The highest BCUT2D eigenvalue weighted by Crippen LogP contribution is 2.36. The van der Waals surface area contributed by atoms with Gasteiger partial charge < -0.3 is 5.11 Å². The highest BCUT2D eigenvalue weighted by atomic mass is 35.5. The smallest absolute Gasteiger partial charge is 0.143 e. The van der Waals surface area contributed by atoms with Crippen molar-refractivity contribution in [2.45, 2.75) is 12.8 Å². The van der Waals surface area contributed by atoms with Crippen molar-refractivity contribution in [2.75, 3.05) is 5.88 Å². The maximum Gasteiger partial charge on any atom is 0.143 e. The molecule has 3 aromatic rings. The number of pyridine rings is 1. The summed E-state index contributed by atoms with van der Waals surface area (Å²) in [5, 5.41) is 12.4. The van der Waals surface area contributed by atoms with Gasteiger partial charge in [-0.1, -0.05) is 29.8 Å². The SMILES string of the molecule is Oc1c(Cl)c(CCCCl)cc2nc3ccccc3cc12. The molecule has 0 spiro atoms. The molecule has 1 N–H and O–H groups in total. The van der Waals surface area contributed by atoms with Crippen molar-refractivity contribution >= 4 is 45.0 Å². The fraction of sp³-hybridized carbons (Fsp3) is 0.188. The number of aromatic nitrogens is 1. The molecule has 0 aliphatic rings. The van der Waals surface area contributed by atoms with Crippen LogP contribution < -0.4 is 0 Å². The van der Waals surface area contributed by atoms with E-state index in [1.165, 1.54) is 0 Å². The fourth-order valence-electron chi connectivity index (χ4n) is 2.37. The van der Waals surface area contributed by atoms with E-state index in [-0.39, 0.29) is 5.75 Å². The van der Waals surface area contributed by atoms with Gasteiger partial charge in [0.1, 0.15) is 5.75 Å². The van der Waals surface area contributed by atoms with Gasteiger partial charge in [0.25, 0.3) is 0 Å². The standard InChI is InChI=1S/C16H13Cl2NO/c17-7-3-5-11-9-14-12(16(20)15(11)18)8-10-4-1-2-6-13(10)19-14/h1-2,4,6,8-9,20H,3,5,7H2. The van der Waals surface area contributed by atoms with Gasteiger partial charge in [0, 0.05) is 16.7 Å². The van der Waals surface area contributed by atoms with E-state index < -0.39 is 0 Å². The average molecular weight is 306 g/mol. The van der Waals surface area contributed by atoms with Crippen LogP contribution in [0.2, 0.25) is 5.02 Å². The van der Waals surface area contributed by atoms with E-state index in [4.69, 9.17) is 23.2 Å². The number of phenolic OH excluding ortho intramolecular Hbond substituents is 1. The first-order chi connectivity index (χ1) is 9.70. The molecule has 0 saturated heterocycles. The van der Waals surface area contributed by atoms with Crippen LogP contribution in [0.1, 0.15) is 12.0 Å². The van der Waals surface area contributed by atoms with Crippen LogP contribution in [0.3, 0.4) is 0 Å². The van der Waals surface area contributed by atoms with Gasteiger partial charge in [0.15, 0.2) is 0 Å². The molecule has 1 heterocycles. The number of hydrogen-bond acceptors (Lipinski definition) is 2. The minimum absolute atomic E-state index is 0.104. The highest BCUT2D eigenvalue weighted by Gasteiger charge is 2.12. The normalized spacial score (nSPS) is 11.3. The Balaban J connectivity index is 2.26. The van der Waals surface area contributed by atoms with E-state index in [0.29, 0.717) is 16.3 Å². The number of aromatic hydroxyl groups is 1. The highest BCUT2D eigenvalue weighted by molar-refractivity contribution is 6.34. The molecule has 0 atom stereocenters. The summed E-state index contributed by atoms with van der Waals surface area (Å²) in [5.41, 5.74) is 2.56. The second-order valence-corrected chi connectivity index (χ2v) is 5.49. The molecule has 0 saturated carbocycles. The van der Waals surface area contributed by atoms with Crippen LogP contribution in [0.5, 0.6) is 5.75 Å². The average Bonchev–Trinajstić information content (AvgIpc) is 2.48. The summed E-state index contributed by atoms with van der Waals surface area (Å²) < 4.78 is 0. The summed E-state index contributed by atoms with van der Waals surface area (Å²) in [5.74, 6) is 0.673. The van der Waals surface area contributed by atoms with Crippen LogP contribution in [0, 0.1) is 0 Å². The summed E-state index contributed by atoms with van der Waals surface area (Å²) in [6.07, 6.45) is 1.56. The van der Waals surface area contributed by atoms with Crippen molar-refractivity contribution in [1.29, 1.82) is 0 Å². The molecule has 2 aromatic carbocycles. The molecule has 0 bridgehead atoms. The van der Waals surface area contributed by atoms with Crippen LogP contribution in [0.15, 0.2) is 36.4 Å². The number of benzene rings is 2. The number of rotatable bonds is 3. The Morgan fingerprint density at radius 3 is 2.70 bits per heavy atom. The van der Waals surface area contributed by atoms with E-state index in [0.717, 1.165) is 34.8 Å². The lowest BCUT2D eigenvalue weighted by atomic mass is 10.0. The van der Waals surface area contributed by atoms with Gasteiger partial charge in [0.2, 0.25) is 0 Å². The summed E-state index contributed by atoms with van der Waals surface area (Å²) in [6.45, 7) is 0. The van der Waals surface area contributed by atoms with Gasteiger partial charge in [0.05, 0.1) is 16.1 Å². The van der Waals surface area contributed by atoms with Gasteiger partial charge in [-0.3, -0.25) is 0 Å². The molecule has 0 amide bonds. The van der Waals surface area contributed by atoms with Crippen molar-refractivity contribution in [3.05, 3.63) is 47.0 Å². The van der Waals surface area contributed by atoms with Gasteiger partial charge >= 0.3 is 0 Å². The molecule has 0 radical (unpaired) electrons. The summed E-state index contributed by atoms with van der Waals surface area (Å²) in [6, 6.07) is 11.7. The Labute approximate surface area is 127 Å². The zero-order valence-corrected chi connectivity index (χ0v) is 12.2. The Hall–Kier alpha value is -1.51. The number of nitrogens with zero attached hydrogens (tertiary/aromatic N) is 1. The zero-order valence-electron chi connectivity index (χ0n) is 10.7. The fourth-order valence-corrected chi connectivity index (χ4v) is 2.75. The molecule has 3 rings (SSSR count). The van der Waals surface area contributed by atoms with E-state index in [9.17, 15) is 5.11 Å².